The van der Waals surface area contributed by atoms with E-state index in [1.54, 1.807) is 7.05 Å². The van der Waals surface area contributed by atoms with E-state index in [2.05, 4.69) is 16.8 Å². The number of hydrogen-bond acceptors (Lipinski definition) is 5. The van der Waals surface area contributed by atoms with E-state index in [1.165, 1.54) is 9.13 Å². The van der Waals surface area contributed by atoms with Crippen LogP contribution in [0.5, 0.6) is 5.75 Å². The molecule has 0 N–H and O–H groups in total. The van der Waals surface area contributed by atoms with Crippen molar-refractivity contribution in [3.63, 3.8) is 0 Å². The zero-order valence-electron chi connectivity index (χ0n) is 17.9. The van der Waals surface area contributed by atoms with Gasteiger partial charge in [-0.05, 0) is 37.6 Å². The largest absolute Gasteiger partial charge is 0.494 e. The number of unbranched alkanes of at least 4 members (excludes halogenated alkanes) is 3. The predicted octanol–water partition coefficient (Wildman–Crippen LogP) is 3.03. The number of nitrogens with zero attached hydrogens (tertiary/aromatic N) is 5. The molecule has 0 saturated heterocycles. The van der Waals surface area contributed by atoms with Gasteiger partial charge in [0.25, 0.3) is 5.56 Å². The number of aromatic nitrogens is 4. The van der Waals surface area contributed by atoms with E-state index in [1.807, 2.05) is 35.8 Å². The monoisotopic (exact) mass is 411 g/mol. The molecule has 30 heavy (non-hydrogen) atoms. The Bertz CT molecular complexity index is 1160. The number of rotatable bonds is 8. The summed E-state index contributed by atoms with van der Waals surface area (Å²) in [4.78, 5) is 32.8. The Morgan fingerprint density at radius 1 is 1.03 bits per heavy atom. The molecule has 8 heteroatoms. The molecule has 0 amide bonds. The molecule has 0 bridgehead atoms. The van der Waals surface area contributed by atoms with Crippen molar-refractivity contribution in [3.05, 3.63) is 45.1 Å². The lowest BCUT2D eigenvalue weighted by Crippen LogP contribution is -2.39. The summed E-state index contributed by atoms with van der Waals surface area (Å²) in [5.74, 6) is 1.52. The average Bonchev–Trinajstić information content (AvgIpc) is 3.32. The fraction of sp³-hybridized carbons (Fsp3) is 0.500. The molecule has 0 unspecified atom stereocenters. The van der Waals surface area contributed by atoms with Gasteiger partial charge in [0.1, 0.15) is 5.75 Å². The molecule has 3 aromatic rings. The lowest BCUT2D eigenvalue weighted by atomic mass is 10.2. The van der Waals surface area contributed by atoms with Gasteiger partial charge in [-0.2, -0.15) is 4.98 Å². The van der Waals surface area contributed by atoms with Gasteiger partial charge in [0, 0.05) is 32.4 Å². The molecule has 0 fully saturated rings. The second-order valence-electron chi connectivity index (χ2n) is 7.67. The van der Waals surface area contributed by atoms with Crippen LogP contribution in [0, 0.1) is 0 Å². The van der Waals surface area contributed by atoms with Crippen LogP contribution in [-0.2, 0) is 20.1 Å². The van der Waals surface area contributed by atoms with Crippen molar-refractivity contribution >= 4 is 22.8 Å². The summed E-state index contributed by atoms with van der Waals surface area (Å²) >= 11 is 0. The number of ether oxygens (including phenoxy) is 1. The van der Waals surface area contributed by atoms with Crippen LogP contribution in [0.15, 0.2) is 33.9 Å². The van der Waals surface area contributed by atoms with Crippen LogP contribution in [0.1, 0.15) is 39.5 Å². The normalized spacial score (nSPS) is 13.2. The summed E-state index contributed by atoms with van der Waals surface area (Å²) in [7, 11) is 1.69. The van der Waals surface area contributed by atoms with E-state index < -0.39 is 0 Å². The van der Waals surface area contributed by atoms with Crippen molar-refractivity contribution in [2.24, 2.45) is 7.05 Å². The first-order valence-electron chi connectivity index (χ1n) is 10.8. The van der Waals surface area contributed by atoms with E-state index in [0.717, 1.165) is 43.7 Å². The Labute approximate surface area is 175 Å². The SMILES string of the molecule is CCCCCCn1c(=O)c2c(nc3n2CCN3c2ccc(OCC)cc2)n(C)c1=O. The fourth-order valence-corrected chi connectivity index (χ4v) is 4.11. The summed E-state index contributed by atoms with van der Waals surface area (Å²) in [6.45, 7) is 6.55. The molecule has 3 heterocycles. The number of aryl methyl sites for hydroxylation is 1. The third-order valence-electron chi connectivity index (χ3n) is 5.70. The predicted molar refractivity (Wildman–Crippen MR) is 118 cm³/mol. The maximum absolute atomic E-state index is 13.2. The molecule has 4 rings (SSSR count). The molecule has 1 aliphatic heterocycles. The van der Waals surface area contributed by atoms with Crippen LogP contribution in [0.3, 0.4) is 0 Å². The summed E-state index contributed by atoms with van der Waals surface area (Å²) in [6.07, 6.45) is 4.06. The van der Waals surface area contributed by atoms with Crippen LogP contribution in [0.2, 0.25) is 0 Å². The molecule has 0 atom stereocenters. The third kappa shape index (κ3) is 3.40. The van der Waals surface area contributed by atoms with Gasteiger partial charge in [-0.15, -0.1) is 0 Å². The highest BCUT2D eigenvalue weighted by atomic mass is 16.5. The van der Waals surface area contributed by atoms with Crippen molar-refractivity contribution in [1.29, 1.82) is 0 Å². The van der Waals surface area contributed by atoms with Crippen LogP contribution in [-0.4, -0.2) is 31.8 Å². The van der Waals surface area contributed by atoms with Gasteiger partial charge in [-0.1, -0.05) is 26.2 Å². The summed E-state index contributed by atoms with van der Waals surface area (Å²) < 4.78 is 10.3. The molecule has 8 nitrogen and oxygen atoms in total. The van der Waals surface area contributed by atoms with E-state index in [0.29, 0.717) is 36.8 Å². The van der Waals surface area contributed by atoms with Gasteiger partial charge in [0.15, 0.2) is 11.2 Å². The van der Waals surface area contributed by atoms with Gasteiger partial charge in [0.05, 0.1) is 6.61 Å². The smallest absolute Gasteiger partial charge is 0.332 e. The Hall–Kier alpha value is -3.03. The number of hydrogen-bond donors (Lipinski definition) is 0. The minimum Gasteiger partial charge on any atom is -0.494 e. The minimum absolute atomic E-state index is 0.239. The maximum atomic E-state index is 13.2. The van der Waals surface area contributed by atoms with Crippen LogP contribution >= 0.6 is 0 Å². The van der Waals surface area contributed by atoms with Gasteiger partial charge >= 0.3 is 5.69 Å². The van der Waals surface area contributed by atoms with Crippen molar-refractivity contribution in [3.8, 4) is 5.75 Å². The minimum atomic E-state index is -0.298. The highest BCUT2D eigenvalue weighted by Gasteiger charge is 2.28. The third-order valence-corrected chi connectivity index (χ3v) is 5.70. The Kier molecular flexibility index (Phi) is 5.65. The van der Waals surface area contributed by atoms with Crippen molar-refractivity contribution in [2.45, 2.75) is 52.6 Å². The van der Waals surface area contributed by atoms with E-state index in [-0.39, 0.29) is 11.2 Å². The number of fused-ring (bicyclic) bond motifs is 3. The van der Waals surface area contributed by atoms with Crippen LogP contribution in [0.4, 0.5) is 11.6 Å². The molecule has 1 aromatic carbocycles. The van der Waals surface area contributed by atoms with Gasteiger partial charge in [0.2, 0.25) is 5.95 Å². The second-order valence-corrected chi connectivity index (χ2v) is 7.67. The topological polar surface area (TPSA) is 74.3 Å². The van der Waals surface area contributed by atoms with E-state index in [9.17, 15) is 9.59 Å². The van der Waals surface area contributed by atoms with E-state index in [4.69, 9.17) is 4.74 Å². The summed E-state index contributed by atoms with van der Waals surface area (Å²) in [5.41, 5.74) is 1.40. The number of imidazole rings is 1. The second kappa shape index (κ2) is 8.38. The van der Waals surface area contributed by atoms with Crippen molar-refractivity contribution < 1.29 is 4.74 Å². The van der Waals surface area contributed by atoms with Crippen molar-refractivity contribution in [2.75, 3.05) is 18.1 Å². The average molecular weight is 412 g/mol. The van der Waals surface area contributed by atoms with Crippen LogP contribution < -0.4 is 20.9 Å². The first-order chi connectivity index (χ1) is 14.6. The highest BCUT2D eigenvalue weighted by molar-refractivity contribution is 5.77. The van der Waals surface area contributed by atoms with Gasteiger partial charge in [-0.3, -0.25) is 13.9 Å². The molecule has 0 aliphatic carbocycles. The van der Waals surface area contributed by atoms with Crippen LogP contribution in [0.25, 0.3) is 11.2 Å². The van der Waals surface area contributed by atoms with Gasteiger partial charge < -0.3 is 14.2 Å². The fourth-order valence-electron chi connectivity index (χ4n) is 4.11. The first-order valence-corrected chi connectivity index (χ1v) is 10.8. The maximum Gasteiger partial charge on any atom is 0.332 e. The number of benzene rings is 1. The van der Waals surface area contributed by atoms with E-state index >= 15 is 0 Å². The summed E-state index contributed by atoms with van der Waals surface area (Å²) in [5, 5.41) is 0. The molecule has 0 radical (unpaired) electrons. The zero-order valence-corrected chi connectivity index (χ0v) is 17.9. The molecule has 1 aliphatic rings. The molecule has 0 saturated carbocycles. The quantitative estimate of drug-likeness (QED) is 0.533. The lowest BCUT2D eigenvalue weighted by Gasteiger charge is -2.16. The molecule has 2 aromatic heterocycles. The first kappa shape index (κ1) is 20.3. The highest BCUT2D eigenvalue weighted by Crippen LogP contribution is 2.32. The molecule has 160 valence electrons. The molecule has 0 spiro atoms. The standard InChI is InChI=1S/C22H29N5O3/c1-4-6-7-8-13-27-20(28)18-19(24(3)22(27)29)23-21-25(14-15-26(18)21)16-9-11-17(12-10-16)30-5-2/h9-12H,4-8,13-15H2,1-3H3. The Morgan fingerprint density at radius 2 is 1.80 bits per heavy atom. The van der Waals surface area contributed by atoms with Crippen molar-refractivity contribution in [1.82, 2.24) is 18.7 Å². The number of anilines is 2. The Morgan fingerprint density at radius 3 is 2.50 bits per heavy atom. The lowest BCUT2D eigenvalue weighted by molar-refractivity contribution is 0.340. The molecular formula is C22H29N5O3. The van der Waals surface area contributed by atoms with Gasteiger partial charge in [-0.25, -0.2) is 4.79 Å². The zero-order chi connectivity index (χ0) is 21.3. The summed E-state index contributed by atoms with van der Waals surface area (Å²) in [6, 6.07) is 7.85. The molecular weight excluding hydrogens is 382 g/mol. The Balaban J connectivity index is 1.73.